The highest BCUT2D eigenvalue weighted by molar-refractivity contribution is 6.50. The summed E-state index contributed by atoms with van der Waals surface area (Å²) in [6, 6.07) is 9.17. The van der Waals surface area contributed by atoms with E-state index in [1.165, 1.54) is 0 Å². The van der Waals surface area contributed by atoms with Gasteiger partial charge in [-0.2, -0.15) is 0 Å². The van der Waals surface area contributed by atoms with E-state index in [1.807, 2.05) is 30.3 Å². The quantitative estimate of drug-likeness (QED) is 0.619. The van der Waals surface area contributed by atoms with Crippen LogP contribution in [0.3, 0.4) is 0 Å². The number of carbonyl (C=O) groups excluding carboxylic acids is 2. The average molecular weight is 295 g/mol. The predicted molar refractivity (Wildman–Crippen MR) is 75.0 cm³/mol. The molecule has 0 unspecified atom stereocenters. The molecule has 0 amide bonds. The highest BCUT2D eigenvalue weighted by atomic mass is 35.5. The van der Waals surface area contributed by atoms with Crippen LogP contribution in [0, 0.1) is 0 Å². The van der Waals surface area contributed by atoms with Crippen LogP contribution >= 0.6 is 11.6 Å². The zero-order chi connectivity index (χ0) is 14.5. The topological polar surface area (TPSA) is 52.6 Å². The molecular formula is C15H15ClO4. The number of rotatable bonds is 5. The maximum Gasteiger partial charge on any atom is 0.335 e. The van der Waals surface area contributed by atoms with Crippen LogP contribution in [-0.2, 0) is 19.1 Å². The van der Waals surface area contributed by atoms with Crippen LogP contribution in [-0.4, -0.2) is 24.6 Å². The van der Waals surface area contributed by atoms with E-state index in [2.05, 4.69) is 0 Å². The third-order valence-electron chi connectivity index (χ3n) is 2.94. The van der Waals surface area contributed by atoms with Crippen molar-refractivity contribution in [3.05, 3.63) is 41.5 Å². The van der Waals surface area contributed by atoms with Gasteiger partial charge in [-0.15, -0.1) is 0 Å². The van der Waals surface area contributed by atoms with Crippen molar-refractivity contribution in [1.82, 2.24) is 0 Å². The lowest BCUT2D eigenvalue weighted by atomic mass is 10.00. The molecule has 1 fully saturated rings. The van der Waals surface area contributed by atoms with E-state index in [1.54, 1.807) is 6.92 Å². The number of cyclic esters (lactones) is 1. The van der Waals surface area contributed by atoms with Crippen LogP contribution in [0.2, 0.25) is 0 Å². The van der Waals surface area contributed by atoms with Crippen LogP contribution < -0.4 is 0 Å². The van der Waals surface area contributed by atoms with E-state index in [4.69, 9.17) is 21.1 Å². The Morgan fingerprint density at radius 3 is 2.60 bits per heavy atom. The van der Waals surface area contributed by atoms with Gasteiger partial charge in [-0.1, -0.05) is 41.9 Å². The molecule has 1 atom stereocenters. The summed E-state index contributed by atoms with van der Waals surface area (Å²) in [6.07, 6.45) is 0.291. The van der Waals surface area contributed by atoms with Gasteiger partial charge in [-0.25, -0.2) is 4.79 Å². The molecule has 4 nitrogen and oxygen atoms in total. The number of carbonyl (C=O) groups is 2. The molecule has 0 spiro atoms. The van der Waals surface area contributed by atoms with Gasteiger partial charge in [0.05, 0.1) is 23.6 Å². The summed E-state index contributed by atoms with van der Waals surface area (Å²) in [7, 11) is 0. The first-order valence-electron chi connectivity index (χ1n) is 6.42. The van der Waals surface area contributed by atoms with Crippen molar-refractivity contribution < 1.29 is 19.1 Å². The van der Waals surface area contributed by atoms with Crippen LogP contribution in [0.1, 0.15) is 25.3 Å². The summed E-state index contributed by atoms with van der Waals surface area (Å²) in [5.41, 5.74) is 1.08. The van der Waals surface area contributed by atoms with Crippen LogP contribution in [0.15, 0.2) is 35.9 Å². The first-order valence-corrected chi connectivity index (χ1v) is 6.80. The maximum absolute atomic E-state index is 12.0. The molecule has 1 saturated heterocycles. The van der Waals surface area contributed by atoms with Gasteiger partial charge in [0.2, 0.25) is 0 Å². The number of hydrogen-bond acceptors (Lipinski definition) is 4. The van der Waals surface area contributed by atoms with Crippen molar-refractivity contribution in [2.75, 3.05) is 6.61 Å². The number of benzene rings is 1. The minimum Gasteiger partial charge on any atom is -0.463 e. The van der Waals surface area contributed by atoms with E-state index in [9.17, 15) is 9.59 Å². The second kappa shape index (κ2) is 6.57. The van der Waals surface area contributed by atoms with Gasteiger partial charge < -0.3 is 9.47 Å². The van der Waals surface area contributed by atoms with Gasteiger partial charge in [0.15, 0.2) is 0 Å². The Bertz CT molecular complexity index is 528. The van der Waals surface area contributed by atoms with Crippen molar-refractivity contribution in [3.63, 3.8) is 0 Å². The van der Waals surface area contributed by atoms with E-state index < -0.39 is 5.97 Å². The van der Waals surface area contributed by atoms with Gasteiger partial charge >= 0.3 is 11.9 Å². The summed E-state index contributed by atoms with van der Waals surface area (Å²) in [5.74, 6) is -0.724. The van der Waals surface area contributed by atoms with Crippen molar-refractivity contribution in [1.29, 1.82) is 0 Å². The van der Waals surface area contributed by atoms with Gasteiger partial charge in [-0.05, 0) is 12.5 Å². The Morgan fingerprint density at radius 2 is 2.05 bits per heavy atom. The summed E-state index contributed by atoms with van der Waals surface area (Å²) in [6.45, 7) is 2.00. The third-order valence-corrected chi connectivity index (χ3v) is 3.38. The monoisotopic (exact) mass is 294 g/mol. The molecule has 5 heteroatoms. The Labute approximate surface area is 122 Å². The third kappa shape index (κ3) is 3.39. The molecule has 0 aromatic heterocycles. The summed E-state index contributed by atoms with van der Waals surface area (Å²) in [4.78, 5) is 22.8. The zero-order valence-electron chi connectivity index (χ0n) is 11.1. The lowest BCUT2D eigenvalue weighted by Gasteiger charge is -2.26. The molecule has 0 aliphatic carbocycles. The molecule has 0 radical (unpaired) electrons. The molecule has 20 heavy (non-hydrogen) atoms. The standard InChI is InChI=1S/C15H15ClO4/c1-2-19-15(18)12(8-11-9-13(17)20-11)14(16)10-6-4-3-5-7-10/h3-7,11H,2,8-9H2,1H3/b14-12-/t11-/m1/s1. The van der Waals surface area contributed by atoms with E-state index in [0.717, 1.165) is 5.56 Å². The average Bonchev–Trinajstić information content (AvgIpc) is 2.42. The Kier molecular flexibility index (Phi) is 4.79. The molecule has 106 valence electrons. The van der Waals surface area contributed by atoms with Gasteiger partial charge in [0.25, 0.3) is 0 Å². The minimum absolute atomic E-state index is 0.256. The highest BCUT2D eigenvalue weighted by Crippen LogP contribution is 2.30. The van der Waals surface area contributed by atoms with Gasteiger partial charge in [-0.3, -0.25) is 4.79 Å². The van der Waals surface area contributed by atoms with Crippen molar-refractivity contribution in [2.45, 2.75) is 25.9 Å². The number of halogens is 1. The number of hydrogen-bond donors (Lipinski definition) is 0. The van der Waals surface area contributed by atoms with Gasteiger partial charge in [0, 0.05) is 6.42 Å². The molecule has 0 N–H and O–H groups in total. The molecule has 1 aliphatic heterocycles. The zero-order valence-corrected chi connectivity index (χ0v) is 11.9. The normalized spacial score (nSPS) is 18.7. The molecule has 1 aromatic rings. The Balaban J connectivity index is 2.24. The van der Waals surface area contributed by atoms with E-state index in [-0.39, 0.29) is 25.1 Å². The number of ether oxygens (including phenoxy) is 2. The summed E-state index contributed by atoms with van der Waals surface area (Å²) >= 11 is 6.30. The second-order valence-corrected chi connectivity index (χ2v) is 4.78. The molecule has 0 bridgehead atoms. The maximum atomic E-state index is 12.0. The SMILES string of the molecule is CCOC(=O)/C(C[C@@H]1CC(=O)O1)=C(\Cl)c1ccccc1. The highest BCUT2D eigenvalue weighted by Gasteiger charge is 2.32. The summed E-state index contributed by atoms with van der Waals surface area (Å²) < 4.78 is 9.97. The molecule has 0 saturated carbocycles. The van der Waals surface area contributed by atoms with Crippen LogP contribution in [0.25, 0.3) is 5.03 Å². The predicted octanol–water partition coefficient (Wildman–Crippen LogP) is 2.91. The minimum atomic E-state index is -0.468. The molecule has 1 aliphatic rings. The Hall–Kier alpha value is -1.81. The van der Waals surface area contributed by atoms with Gasteiger partial charge in [0.1, 0.15) is 6.10 Å². The van der Waals surface area contributed by atoms with Crippen LogP contribution in [0.4, 0.5) is 0 Å². The van der Waals surface area contributed by atoms with Crippen molar-refractivity contribution in [2.24, 2.45) is 0 Å². The molecule has 2 rings (SSSR count). The molecular weight excluding hydrogens is 280 g/mol. The molecule has 1 heterocycles. The van der Waals surface area contributed by atoms with E-state index >= 15 is 0 Å². The second-order valence-electron chi connectivity index (χ2n) is 4.40. The van der Waals surface area contributed by atoms with Crippen molar-refractivity contribution >= 4 is 28.6 Å². The fourth-order valence-electron chi connectivity index (χ4n) is 1.94. The smallest absolute Gasteiger partial charge is 0.335 e. The fraction of sp³-hybridized carbons (Fsp3) is 0.333. The fourth-order valence-corrected chi connectivity index (χ4v) is 2.22. The van der Waals surface area contributed by atoms with E-state index in [0.29, 0.717) is 17.0 Å². The first-order chi connectivity index (χ1) is 9.61. The van der Waals surface area contributed by atoms with Crippen LogP contribution in [0.5, 0.6) is 0 Å². The first kappa shape index (κ1) is 14.6. The summed E-state index contributed by atoms with van der Waals surface area (Å²) in [5, 5.41) is 0.340. The molecule has 1 aromatic carbocycles. The lowest BCUT2D eigenvalue weighted by molar-refractivity contribution is -0.169. The van der Waals surface area contributed by atoms with Crippen molar-refractivity contribution in [3.8, 4) is 0 Å². The lowest BCUT2D eigenvalue weighted by Crippen LogP contribution is -2.34. The number of esters is 2. The largest absolute Gasteiger partial charge is 0.463 e. The Morgan fingerprint density at radius 1 is 1.40 bits per heavy atom.